The lowest BCUT2D eigenvalue weighted by Crippen LogP contribution is -2.10. The Morgan fingerprint density at radius 1 is 0.151 bits per heavy atom. The van der Waals surface area contributed by atoms with Crippen LogP contribution in [0.2, 0.25) is 0 Å². The molecule has 0 N–H and O–H groups in total. The second-order valence-corrected chi connectivity index (χ2v) is 32.9. The molecule has 0 aliphatic rings. The van der Waals surface area contributed by atoms with Gasteiger partial charge in [-0.05, 0) is 244 Å². The van der Waals surface area contributed by atoms with Crippen molar-refractivity contribution in [3.8, 4) is 55.9 Å². The van der Waals surface area contributed by atoms with Crippen LogP contribution < -0.4 is 9.80 Å². The fourth-order valence-corrected chi connectivity index (χ4v) is 20.1. The summed E-state index contributed by atoms with van der Waals surface area (Å²) in [6, 6.07) is 167. The van der Waals surface area contributed by atoms with Crippen molar-refractivity contribution in [3.05, 3.63) is 461 Å². The summed E-state index contributed by atoms with van der Waals surface area (Å²) in [4.78, 5) is 4.77. The highest BCUT2D eigenvalue weighted by Gasteiger charge is 2.24. The monoisotopic (exact) mass is 1600 g/mol. The van der Waals surface area contributed by atoms with Crippen molar-refractivity contribution >= 4 is 186 Å². The molecule has 6 nitrogen and oxygen atoms in total. The minimum atomic E-state index is 0.904. The Bertz CT molecular complexity index is 8240. The largest absolute Gasteiger partial charge is 0.455 e. The lowest BCUT2D eigenvalue weighted by Gasteiger charge is -2.26. The van der Waals surface area contributed by atoms with Crippen LogP contribution in [0, 0.1) is 0 Å². The fraction of sp³-hybridized carbons (Fsp3) is 0. The van der Waals surface area contributed by atoms with Gasteiger partial charge in [-0.2, -0.15) is 0 Å². The van der Waals surface area contributed by atoms with Crippen molar-refractivity contribution in [2.24, 2.45) is 0 Å². The smallest absolute Gasteiger partial charge is 0.143 e. The molecule has 0 aliphatic heterocycles. The molecule has 4 aromatic heterocycles. The molecule has 0 amide bonds. The Kier molecular flexibility index (Phi) is 16.9. The summed E-state index contributed by atoms with van der Waals surface area (Å²) in [7, 11) is 0. The highest BCUT2D eigenvalue weighted by atomic mass is 16.3. The molecule has 0 fully saturated rings. The Morgan fingerprint density at radius 2 is 0.413 bits per heavy atom. The summed E-state index contributed by atoms with van der Waals surface area (Å²) in [5.41, 5.74) is 26.4. The normalized spacial score (nSPS) is 11.8. The summed E-state index contributed by atoms with van der Waals surface area (Å²) in [6.07, 6.45) is 0. The maximum atomic E-state index is 6.46. The van der Waals surface area contributed by atoms with Crippen LogP contribution >= 0.6 is 0 Å². The number of rotatable bonds is 12. The number of anilines is 6. The maximum absolute atomic E-state index is 6.46. The van der Waals surface area contributed by atoms with Gasteiger partial charge in [0.1, 0.15) is 22.3 Å². The van der Waals surface area contributed by atoms with Crippen LogP contribution in [0.3, 0.4) is 0 Å². The van der Waals surface area contributed by atoms with Crippen LogP contribution in [-0.4, -0.2) is 9.13 Å². The molecular weight excluding hydrogens is 1530 g/mol. The van der Waals surface area contributed by atoms with Gasteiger partial charge in [-0.1, -0.05) is 315 Å². The van der Waals surface area contributed by atoms with E-state index in [9.17, 15) is 0 Å². The van der Waals surface area contributed by atoms with Crippen LogP contribution in [0.15, 0.2) is 470 Å². The molecule has 0 unspecified atom stereocenters. The summed E-state index contributed by atoms with van der Waals surface area (Å²) in [6.45, 7) is 0. The van der Waals surface area contributed by atoms with E-state index in [1.54, 1.807) is 0 Å². The van der Waals surface area contributed by atoms with Gasteiger partial charge >= 0.3 is 0 Å². The molecule has 0 saturated carbocycles. The van der Waals surface area contributed by atoms with Gasteiger partial charge in [0, 0.05) is 99.7 Å². The second kappa shape index (κ2) is 29.5. The van der Waals surface area contributed by atoms with E-state index in [-0.39, 0.29) is 0 Å². The number of aromatic nitrogens is 2. The minimum Gasteiger partial charge on any atom is -0.455 e. The zero-order valence-corrected chi connectivity index (χ0v) is 68.5. The summed E-state index contributed by atoms with van der Waals surface area (Å²) < 4.78 is 17.7. The Balaban J connectivity index is 0.000000137. The van der Waals surface area contributed by atoms with Gasteiger partial charge in [0.25, 0.3) is 0 Å². The molecule has 6 heteroatoms. The molecule has 22 aromatic carbocycles. The first kappa shape index (κ1) is 72.1. The van der Waals surface area contributed by atoms with E-state index in [0.29, 0.717) is 0 Å². The average Bonchev–Trinajstić information content (AvgIpc) is 1.48. The van der Waals surface area contributed by atoms with Crippen molar-refractivity contribution in [2.75, 3.05) is 9.80 Å². The third-order valence-corrected chi connectivity index (χ3v) is 25.9. The first-order chi connectivity index (χ1) is 62.5. The first-order valence-electron chi connectivity index (χ1n) is 43.2. The molecule has 0 atom stereocenters. The van der Waals surface area contributed by atoms with Crippen LogP contribution in [0.4, 0.5) is 34.1 Å². The van der Waals surface area contributed by atoms with E-state index in [1.807, 2.05) is 24.3 Å². The topological polar surface area (TPSA) is 42.6 Å². The minimum absolute atomic E-state index is 0.904. The van der Waals surface area contributed by atoms with Gasteiger partial charge in [0.05, 0.1) is 22.1 Å². The summed E-state index contributed by atoms with van der Waals surface area (Å²) in [5, 5.41) is 24.6. The quantitative estimate of drug-likeness (QED) is 0.114. The predicted molar refractivity (Wildman–Crippen MR) is 532 cm³/mol. The standard InChI is InChI=1S/2C60H38N2O/c2*1-2-13-42(14-3-1)62-57-23-10-8-19-52(57)56-37-41(29-36-58(56)62)39-25-30-43(31-26-39)61(45-34-35-51-49-17-5-4-15-47(49)48-16-6-7-18-50(48)55(51)38-45)44-32-27-40(28-33-44)46-21-12-22-54-53-20-9-11-24-59(53)63-60(46)54/h2*1-38H. The van der Waals surface area contributed by atoms with E-state index in [4.69, 9.17) is 8.83 Å². The third-order valence-electron chi connectivity index (χ3n) is 25.9. The Labute approximate surface area is 726 Å². The lowest BCUT2D eigenvalue weighted by molar-refractivity contribution is 0.669. The molecule has 26 rings (SSSR count). The third kappa shape index (κ3) is 11.9. The van der Waals surface area contributed by atoms with Gasteiger partial charge in [-0.25, -0.2) is 0 Å². The van der Waals surface area contributed by atoms with Gasteiger partial charge in [-0.3, -0.25) is 0 Å². The fourth-order valence-electron chi connectivity index (χ4n) is 20.1. The van der Waals surface area contributed by atoms with E-state index in [0.717, 1.165) is 112 Å². The van der Waals surface area contributed by atoms with Gasteiger partial charge in [0.2, 0.25) is 0 Å². The molecule has 588 valence electrons. The van der Waals surface area contributed by atoms with E-state index >= 15 is 0 Å². The first-order valence-corrected chi connectivity index (χ1v) is 43.2. The molecule has 0 aliphatic carbocycles. The average molecular weight is 1610 g/mol. The van der Waals surface area contributed by atoms with Crippen molar-refractivity contribution in [2.45, 2.75) is 0 Å². The molecule has 126 heavy (non-hydrogen) atoms. The van der Waals surface area contributed by atoms with Crippen molar-refractivity contribution in [1.82, 2.24) is 9.13 Å². The Hall–Kier alpha value is -16.8. The van der Waals surface area contributed by atoms with Gasteiger partial charge in [-0.15, -0.1) is 0 Å². The summed E-state index contributed by atoms with van der Waals surface area (Å²) in [5.74, 6) is 0. The van der Waals surface area contributed by atoms with Crippen LogP contribution in [0.5, 0.6) is 0 Å². The molecular formula is C120H76N4O2. The van der Waals surface area contributed by atoms with Crippen molar-refractivity contribution in [3.63, 3.8) is 0 Å². The molecule has 4 heterocycles. The van der Waals surface area contributed by atoms with E-state index < -0.39 is 0 Å². The summed E-state index contributed by atoms with van der Waals surface area (Å²) >= 11 is 0. The molecule has 26 aromatic rings. The SMILES string of the molecule is c1ccc(-n2c3ccccc3c3cc(-c4ccc(N(c5ccc(-c6cccc7c6oc6ccccc67)cc5)c5ccc6c7ccccc7c7ccccc7c6c5)cc4)ccc32)cc1.c1ccc(-n2c3ccccc3c3cc(-c4ccc(N(c5ccc(-c6cccc7c6oc6ccccc67)cc5)c5ccc6c7ccccc7c7ccccc7c6c5)cc4)ccc32)cc1. The second-order valence-electron chi connectivity index (χ2n) is 32.9. The number of hydrogen-bond donors (Lipinski definition) is 0. The maximum Gasteiger partial charge on any atom is 0.143 e. The van der Waals surface area contributed by atoms with Crippen LogP contribution in [-0.2, 0) is 0 Å². The predicted octanol–water partition coefficient (Wildman–Crippen LogP) is 33.9. The van der Waals surface area contributed by atoms with Crippen molar-refractivity contribution in [1.29, 1.82) is 0 Å². The van der Waals surface area contributed by atoms with Crippen molar-refractivity contribution < 1.29 is 8.83 Å². The number of benzene rings is 22. The number of nitrogens with zero attached hydrogens (tertiary/aromatic N) is 4. The van der Waals surface area contributed by atoms with Gasteiger partial charge in [0.15, 0.2) is 0 Å². The van der Waals surface area contributed by atoms with Gasteiger partial charge < -0.3 is 27.8 Å². The molecule has 0 radical (unpaired) electrons. The van der Waals surface area contributed by atoms with Crippen LogP contribution in [0.25, 0.3) is 208 Å². The van der Waals surface area contributed by atoms with E-state index in [2.05, 4.69) is 456 Å². The molecule has 0 bridgehead atoms. The zero-order chi connectivity index (χ0) is 82.9. The number of para-hydroxylation sites is 8. The molecule has 0 spiro atoms. The highest BCUT2D eigenvalue weighted by Crippen LogP contribution is 2.48. The lowest BCUT2D eigenvalue weighted by atomic mass is 9.94. The highest BCUT2D eigenvalue weighted by molar-refractivity contribution is 6.28. The number of fused-ring (bicyclic) bond motifs is 24. The molecule has 0 saturated heterocycles. The Morgan fingerprint density at radius 3 is 0.770 bits per heavy atom. The van der Waals surface area contributed by atoms with E-state index in [1.165, 1.54) is 131 Å². The van der Waals surface area contributed by atoms with Crippen LogP contribution in [0.1, 0.15) is 0 Å². The zero-order valence-electron chi connectivity index (χ0n) is 68.5. The number of hydrogen-bond acceptors (Lipinski definition) is 4. The number of furan rings is 2.